The van der Waals surface area contributed by atoms with Gasteiger partial charge in [0.15, 0.2) is 0 Å². The number of rotatable bonds is 3. The van der Waals surface area contributed by atoms with Gasteiger partial charge in [-0.2, -0.15) is 0 Å². The number of nitrogens with one attached hydrogen (secondary N) is 1. The molecule has 16 heavy (non-hydrogen) atoms. The number of hydrogen-bond donors (Lipinski definition) is 1. The molecule has 0 heterocycles. The van der Waals surface area contributed by atoms with Crippen molar-refractivity contribution in [2.75, 3.05) is 7.05 Å². The Morgan fingerprint density at radius 2 is 1.88 bits per heavy atom. The summed E-state index contributed by atoms with van der Waals surface area (Å²) in [5.74, 6) is 3.13. The highest BCUT2D eigenvalue weighted by atomic mass is 79.9. The van der Waals surface area contributed by atoms with Crippen LogP contribution in [-0.4, -0.2) is 17.9 Å². The van der Waals surface area contributed by atoms with Gasteiger partial charge in [0.1, 0.15) is 0 Å². The summed E-state index contributed by atoms with van der Waals surface area (Å²) in [5.41, 5.74) is 0.636. The molecule has 1 nitrogen and oxygen atoms in total. The predicted octanol–water partition coefficient (Wildman–Crippen LogP) is 3.57. The second kappa shape index (κ2) is 3.98. The summed E-state index contributed by atoms with van der Waals surface area (Å²) < 4.78 is 0. The summed E-state index contributed by atoms with van der Waals surface area (Å²) in [6.45, 7) is 2.35. The third kappa shape index (κ3) is 1.68. The van der Waals surface area contributed by atoms with Crippen molar-refractivity contribution in [2.24, 2.45) is 23.2 Å². The monoisotopic (exact) mass is 285 g/mol. The van der Waals surface area contributed by atoms with Crippen LogP contribution >= 0.6 is 15.9 Å². The third-order valence-electron chi connectivity index (χ3n) is 5.53. The van der Waals surface area contributed by atoms with Crippen molar-refractivity contribution in [3.63, 3.8) is 0 Å². The van der Waals surface area contributed by atoms with E-state index in [0.717, 1.165) is 22.6 Å². The second-order valence-corrected chi connectivity index (χ2v) is 7.75. The summed E-state index contributed by atoms with van der Waals surface area (Å²) in [7, 11) is 2.11. The molecule has 0 aromatic carbocycles. The zero-order chi connectivity index (χ0) is 11.3. The van der Waals surface area contributed by atoms with Crippen LogP contribution < -0.4 is 5.32 Å². The van der Waals surface area contributed by atoms with E-state index >= 15 is 0 Å². The molecule has 0 unspecified atom stereocenters. The van der Waals surface area contributed by atoms with Crippen LogP contribution in [0.4, 0.5) is 0 Å². The molecule has 4 aliphatic rings. The topological polar surface area (TPSA) is 12.0 Å². The molecule has 0 aromatic heterocycles. The van der Waals surface area contributed by atoms with Gasteiger partial charge in [-0.15, -0.1) is 0 Å². The van der Waals surface area contributed by atoms with Gasteiger partial charge >= 0.3 is 0 Å². The molecule has 0 radical (unpaired) electrons. The lowest BCUT2D eigenvalue weighted by molar-refractivity contribution is -0.0512. The lowest BCUT2D eigenvalue weighted by Crippen LogP contribution is -2.55. The maximum Gasteiger partial charge on any atom is 0.0231 e. The lowest BCUT2D eigenvalue weighted by atomic mass is 9.48. The SMILES string of the molecule is CN[C@H](C)CC12C[C@H]3CC(C[C@@H](C3)C1)[C@@H]2Br. The minimum absolute atomic E-state index is 0.636. The van der Waals surface area contributed by atoms with Crippen molar-refractivity contribution in [3.05, 3.63) is 0 Å². The second-order valence-electron chi connectivity index (χ2n) is 6.77. The molecule has 0 saturated heterocycles. The van der Waals surface area contributed by atoms with Crippen LogP contribution in [0.15, 0.2) is 0 Å². The van der Waals surface area contributed by atoms with E-state index in [9.17, 15) is 0 Å². The molecule has 4 fully saturated rings. The predicted molar refractivity (Wildman–Crippen MR) is 71.8 cm³/mol. The van der Waals surface area contributed by atoms with Gasteiger partial charge in [0, 0.05) is 10.9 Å². The van der Waals surface area contributed by atoms with Gasteiger partial charge in [0.2, 0.25) is 0 Å². The Balaban J connectivity index is 1.82. The van der Waals surface area contributed by atoms with E-state index in [2.05, 4.69) is 35.2 Å². The Morgan fingerprint density at radius 3 is 2.44 bits per heavy atom. The van der Waals surface area contributed by atoms with E-state index in [1.54, 1.807) is 6.42 Å². The highest BCUT2D eigenvalue weighted by molar-refractivity contribution is 9.09. The van der Waals surface area contributed by atoms with Crippen LogP contribution in [-0.2, 0) is 0 Å². The molecule has 4 aliphatic carbocycles. The molecular weight excluding hydrogens is 262 g/mol. The van der Waals surface area contributed by atoms with Crippen LogP contribution in [0.5, 0.6) is 0 Å². The largest absolute Gasteiger partial charge is 0.317 e. The molecule has 0 amide bonds. The van der Waals surface area contributed by atoms with E-state index < -0.39 is 0 Å². The molecule has 92 valence electrons. The first kappa shape index (κ1) is 11.5. The minimum Gasteiger partial charge on any atom is -0.317 e. The maximum absolute atomic E-state index is 4.07. The molecule has 0 aliphatic heterocycles. The van der Waals surface area contributed by atoms with Crippen LogP contribution in [0.25, 0.3) is 0 Å². The van der Waals surface area contributed by atoms with Gasteiger partial charge in [0.25, 0.3) is 0 Å². The Bertz CT molecular complexity index is 264. The fraction of sp³-hybridized carbons (Fsp3) is 1.00. The average Bonchev–Trinajstić information content (AvgIpc) is 2.24. The standard InChI is InChI=1S/C14H24BrN/c1-9(16-2)6-14-7-10-3-11(8-14)5-12(4-10)13(14)15/h9-13,16H,3-8H2,1-2H3/t9-,10-,11-,12?,13+,14?/m1/s1. The van der Waals surface area contributed by atoms with E-state index in [-0.39, 0.29) is 0 Å². The number of alkyl halides is 1. The first-order chi connectivity index (χ1) is 7.63. The first-order valence-electron chi connectivity index (χ1n) is 6.94. The lowest BCUT2D eigenvalue weighted by Gasteiger charge is -2.60. The smallest absolute Gasteiger partial charge is 0.0231 e. The maximum atomic E-state index is 4.07. The third-order valence-corrected chi connectivity index (χ3v) is 7.25. The molecule has 0 aromatic rings. The highest BCUT2D eigenvalue weighted by Crippen LogP contribution is 2.63. The molecule has 0 spiro atoms. The number of halogens is 1. The normalized spacial score (nSPS) is 51.9. The van der Waals surface area contributed by atoms with Gasteiger partial charge < -0.3 is 5.32 Å². The number of hydrogen-bond acceptors (Lipinski definition) is 1. The fourth-order valence-electron chi connectivity index (χ4n) is 5.14. The van der Waals surface area contributed by atoms with E-state index in [1.165, 1.54) is 32.1 Å². The molecule has 4 saturated carbocycles. The Hall–Kier alpha value is 0.440. The fourth-order valence-corrected chi connectivity index (χ4v) is 6.13. The molecular formula is C14H24BrN. The quantitative estimate of drug-likeness (QED) is 0.782. The Morgan fingerprint density at radius 1 is 1.25 bits per heavy atom. The van der Waals surface area contributed by atoms with Crippen molar-refractivity contribution < 1.29 is 0 Å². The van der Waals surface area contributed by atoms with Crippen molar-refractivity contribution in [1.29, 1.82) is 0 Å². The summed E-state index contributed by atoms with van der Waals surface area (Å²) in [6, 6.07) is 0.677. The van der Waals surface area contributed by atoms with Crippen molar-refractivity contribution in [3.8, 4) is 0 Å². The minimum atomic E-state index is 0.636. The molecule has 4 bridgehead atoms. The average molecular weight is 286 g/mol. The van der Waals surface area contributed by atoms with Crippen molar-refractivity contribution >= 4 is 15.9 Å². The van der Waals surface area contributed by atoms with Crippen LogP contribution in [0.3, 0.4) is 0 Å². The summed E-state index contributed by atoms with van der Waals surface area (Å²) in [5, 5.41) is 3.44. The summed E-state index contributed by atoms with van der Waals surface area (Å²) >= 11 is 4.07. The van der Waals surface area contributed by atoms with E-state index in [1.807, 2.05) is 0 Å². The highest BCUT2D eigenvalue weighted by Gasteiger charge is 2.56. The van der Waals surface area contributed by atoms with E-state index in [4.69, 9.17) is 0 Å². The van der Waals surface area contributed by atoms with Gasteiger partial charge in [0.05, 0.1) is 0 Å². The van der Waals surface area contributed by atoms with Gasteiger partial charge in [-0.1, -0.05) is 15.9 Å². The summed E-state index contributed by atoms with van der Waals surface area (Å²) in [6.07, 6.45) is 8.96. The van der Waals surface area contributed by atoms with Gasteiger partial charge in [-0.05, 0) is 75.7 Å². The van der Waals surface area contributed by atoms with E-state index in [0.29, 0.717) is 11.5 Å². The Kier molecular flexibility index (Phi) is 2.87. The first-order valence-corrected chi connectivity index (χ1v) is 7.86. The Labute approximate surface area is 108 Å². The molecule has 4 atom stereocenters. The van der Waals surface area contributed by atoms with Crippen LogP contribution in [0.2, 0.25) is 0 Å². The zero-order valence-electron chi connectivity index (χ0n) is 10.5. The van der Waals surface area contributed by atoms with Gasteiger partial charge in [-0.25, -0.2) is 0 Å². The zero-order valence-corrected chi connectivity index (χ0v) is 12.1. The van der Waals surface area contributed by atoms with Crippen LogP contribution in [0.1, 0.15) is 45.4 Å². The molecule has 4 rings (SSSR count). The van der Waals surface area contributed by atoms with Gasteiger partial charge in [-0.3, -0.25) is 0 Å². The van der Waals surface area contributed by atoms with Crippen LogP contribution in [0, 0.1) is 23.2 Å². The van der Waals surface area contributed by atoms with Crippen molar-refractivity contribution in [1.82, 2.24) is 5.32 Å². The summed E-state index contributed by atoms with van der Waals surface area (Å²) in [4.78, 5) is 0.809. The molecule has 1 N–H and O–H groups in total. The van der Waals surface area contributed by atoms with Crippen molar-refractivity contribution in [2.45, 2.75) is 56.3 Å². The molecule has 2 heteroatoms.